The van der Waals surface area contributed by atoms with Crippen LogP contribution in [-0.2, 0) is 14.9 Å². The van der Waals surface area contributed by atoms with E-state index >= 15 is 0 Å². The summed E-state index contributed by atoms with van der Waals surface area (Å²) in [5.74, 6) is -0.0605. The van der Waals surface area contributed by atoms with E-state index in [2.05, 4.69) is 26.1 Å². The number of carbonyl (C=O) groups excluding carboxylic acids is 1. The summed E-state index contributed by atoms with van der Waals surface area (Å²) in [6, 6.07) is 0. The van der Waals surface area contributed by atoms with Crippen LogP contribution in [0.2, 0.25) is 0 Å². The zero-order valence-corrected chi connectivity index (χ0v) is 24.8. The fourth-order valence-electron chi connectivity index (χ4n) is 9.81. The molecule has 5 N–H and O–H groups in total. The summed E-state index contributed by atoms with van der Waals surface area (Å²) in [5.41, 5.74) is -1.83. The van der Waals surface area contributed by atoms with E-state index in [0.29, 0.717) is 37.5 Å². The van der Waals surface area contributed by atoms with Crippen LogP contribution in [0.3, 0.4) is 0 Å². The van der Waals surface area contributed by atoms with Crippen LogP contribution < -0.4 is 5.32 Å². The standard InChI is InChI=1S/C29H51NO8S/c1-17(6-5-7-18(2)26(34)30-12-13-39(36,37)38)22-15-23(32)25-20-14-24(33)29(35)16-19(31)8-11-28(29,4)21(20)9-10-27(22,25)3/h17-25,31-33,35H,5-16H2,1-4H3,(H,30,34)(H,36,37,38)/p-1/t17-,18+,19+,20-,21+,22-,23+,24-,25-,27-,28-,29+/m1/s1. The third-order valence-electron chi connectivity index (χ3n) is 12.0. The molecular weight excluding hydrogens is 522 g/mol. The summed E-state index contributed by atoms with van der Waals surface area (Å²) in [6.45, 7) is 8.29. The minimum absolute atomic E-state index is 0.0630. The van der Waals surface area contributed by atoms with Crippen molar-refractivity contribution in [3.8, 4) is 0 Å². The quantitative estimate of drug-likeness (QED) is 0.262. The lowest BCUT2D eigenvalue weighted by Gasteiger charge is -2.65. The highest BCUT2D eigenvalue weighted by Gasteiger charge is 2.68. The Labute approximate surface area is 233 Å². The number of carbonyl (C=O) groups is 1. The molecule has 39 heavy (non-hydrogen) atoms. The summed E-state index contributed by atoms with van der Waals surface area (Å²) in [5, 5.41) is 47.2. The smallest absolute Gasteiger partial charge is 0.222 e. The fraction of sp³-hybridized carbons (Fsp3) is 0.966. The molecule has 4 fully saturated rings. The first-order valence-electron chi connectivity index (χ1n) is 15.0. The van der Waals surface area contributed by atoms with E-state index in [-0.39, 0.29) is 48.0 Å². The molecular formula is C29H50NO8S-. The average molecular weight is 573 g/mol. The number of aliphatic hydroxyl groups is 4. The van der Waals surface area contributed by atoms with Crippen molar-refractivity contribution in [2.24, 2.45) is 46.3 Å². The van der Waals surface area contributed by atoms with Crippen LogP contribution in [0, 0.1) is 46.3 Å². The van der Waals surface area contributed by atoms with Gasteiger partial charge in [-0.15, -0.1) is 0 Å². The third-order valence-corrected chi connectivity index (χ3v) is 12.7. The van der Waals surface area contributed by atoms with Gasteiger partial charge >= 0.3 is 0 Å². The Hall–Kier alpha value is -0.780. The number of hydrogen-bond acceptors (Lipinski definition) is 8. The Balaban J connectivity index is 1.38. The molecule has 0 saturated heterocycles. The molecule has 0 aromatic heterocycles. The van der Waals surface area contributed by atoms with Gasteiger partial charge in [-0.3, -0.25) is 4.79 Å². The molecule has 4 aliphatic carbocycles. The molecule has 0 radical (unpaired) electrons. The molecule has 0 aromatic rings. The van der Waals surface area contributed by atoms with Gasteiger partial charge in [-0.1, -0.05) is 40.5 Å². The maximum atomic E-state index is 12.3. The predicted octanol–water partition coefficient (Wildman–Crippen LogP) is 2.17. The molecule has 10 heteroatoms. The van der Waals surface area contributed by atoms with E-state index in [4.69, 9.17) is 0 Å². The molecule has 0 bridgehead atoms. The molecule has 9 nitrogen and oxygen atoms in total. The predicted molar refractivity (Wildman–Crippen MR) is 145 cm³/mol. The number of rotatable bonds is 9. The maximum Gasteiger partial charge on any atom is 0.222 e. The lowest BCUT2D eigenvalue weighted by atomic mass is 9.42. The second kappa shape index (κ2) is 11.1. The summed E-state index contributed by atoms with van der Waals surface area (Å²) < 4.78 is 32.2. The van der Waals surface area contributed by atoms with E-state index in [0.717, 1.165) is 32.1 Å². The number of fused-ring (bicyclic) bond motifs is 5. The molecule has 4 rings (SSSR count). The van der Waals surface area contributed by atoms with Crippen molar-refractivity contribution in [1.29, 1.82) is 0 Å². The normalized spacial score (nSPS) is 45.5. The molecule has 4 saturated carbocycles. The second-order valence-corrected chi connectivity index (χ2v) is 15.6. The first-order chi connectivity index (χ1) is 18.0. The van der Waals surface area contributed by atoms with Crippen LogP contribution in [0.15, 0.2) is 0 Å². The summed E-state index contributed by atoms with van der Waals surface area (Å²) in [4.78, 5) is 12.3. The Morgan fingerprint density at radius 3 is 2.44 bits per heavy atom. The number of amides is 1. The van der Waals surface area contributed by atoms with Gasteiger partial charge in [-0.25, -0.2) is 8.42 Å². The lowest BCUT2D eigenvalue weighted by molar-refractivity contribution is -0.268. The summed E-state index contributed by atoms with van der Waals surface area (Å²) >= 11 is 0. The molecule has 0 spiro atoms. The molecule has 12 atom stereocenters. The van der Waals surface area contributed by atoms with Gasteiger partial charge < -0.3 is 30.3 Å². The minimum Gasteiger partial charge on any atom is -0.748 e. The van der Waals surface area contributed by atoms with Crippen molar-refractivity contribution in [3.05, 3.63) is 0 Å². The maximum absolute atomic E-state index is 12.3. The zero-order valence-electron chi connectivity index (χ0n) is 24.0. The highest BCUT2D eigenvalue weighted by Crippen LogP contribution is 2.69. The Kier molecular flexibility index (Phi) is 8.90. The average Bonchev–Trinajstić information content (AvgIpc) is 3.11. The van der Waals surface area contributed by atoms with Gasteiger partial charge in [-0.05, 0) is 80.0 Å². The van der Waals surface area contributed by atoms with Crippen LogP contribution in [0.4, 0.5) is 0 Å². The number of aliphatic hydroxyl groups excluding tert-OH is 3. The summed E-state index contributed by atoms with van der Waals surface area (Å²) in [7, 11) is -4.35. The van der Waals surface area contributed by atoms with E-state index in [9.17, 15) is 38.2 Å². The highest BCUT2D eigenvalue weighted by atomic mass is 32.2. The molecule has 0 aromatic carbocycles. The van der Waals surface area contributed by atoms with Gasteiger partial charge in [0.1, 0.15) is 0 Å². The van der Waals surface area contributed by atoms with Crippen molar-refractivity contribution in [2.45, 2.75) is 116 Å². The van der Waals surface area contributed by atoms with Gasteiger partial charge in [0.25, 0.3) is 0 Å². The topological polar surface area (TPSA) is 167 Å². The van der Waals surface area contributed by atoms with Crippen molar-refractivity contribution >= 4 is 16.0 Å². The van der Waals surface area contributed by atoms with Gasteiger partial charge in [0.15, 0.2) is 0 Å². The molecule has 0 unspecified atom stereocenters. The Morgan fingerprint density at radius 2 is 1.77 bits per heavy atom. The van der Waals surface area contributed by atoms with Gasteiger partial charge in [0, 0.05) is 24.3 Å². The first kappa shape index (κ1) is 31.2. The lowest BCUT2D eigenvalue weighted by Crippen LogP contribution is -2.69. The largest absolute Gasteiger partial charge is 0.748 e. The van der Waals surface area contributed by atoms with E-state index in [1.807, 2.05) is 6.92 Å². The van der Waals surface area contributed by atoms with Crippen LogP contribution >= 0.6 is 0 Å². The van der Waals surface area contributed by atoms with Crippen LogP contribution in [-0.4, -0.2) is 75.5 Å². The van der Waals surface area contributed by atoms with Crippen molar-refractivity contribution in [2.75, 3.05) is 12.3 Å². The van der Waals surface area contributed by atoms with Crippen molar-refractivity contribution in [3.63, 3.8) is 0 Å². The van der Waals surface area contributed by atoms with E-state index < -0.39 is 45.2 Å². The van der Waals surface area contributed by atoms with Gasteiger partial charge in [-0.2, -0.15) is 0 Å². The van der Waals surface area contributed by atoms with Crippen molar-refractivity contribution < 1.29 is 38.2 Å². The third kappa shape index (κ3) is 5.67. The van der Waals surface area contributed by atoms with Crippen LogP contribution in [0.1, 0.15) is 91.9 Å². The first-order valence-corrected chi connectivity index (χ1v) is 16.6. The minimum atomic E-state index is -4.35. The highest BCUT2D eigenvalue weighted by molar-refractivity contribution is 7.85. The van der Waals surface area contributed by atoms with Crippen LogP contribution in [0.5, 0.6) is 0 Å². The van der Waals surface area contributed by atoms with Gasteiger partial charge in [0.2, 0.25) is 5.91 Å². The van der Waals surface area contributed by atoms with Gasteiger partial charge in [0.05, 0.1) is 39.8 Å². The zero-order chi connectivity index (χ0) is 29.0. The Bertz CT molecular complexity index is 1010. The molecule has 0 aliphatic heterocycles. The van der Waals surface area contributed by atoms with E-state index in [1.54, 1.807) is 0 Å². The SMILES string of the molecule is C[C@H](CCC[C@H](C)C(=O)NCCS(=O)(=O)[O-])[C@H]1C[C@H](O)[C@H]2[C@@H]3C[C@@H](O)[C@@]4(O)C[C@@H](O)CC[C@]4(C)[C@H]3CC[C@@]21C. The van der Waals surface area contributed by atoms with Crippen LogP contribution in [0.25, 0.3) is 0 Å². The number of hydrogen-bond donors (Lipinski definition) is 5. The fourth-order valence-corrected chi connectivity index (χ4v) is 10.2. The molecule has 226 valence electrons. The molecule has 0 heterocycles. The van der Waals surface area contributed by atoms with E-state index in [1.165, 1.54) is 0 Å². The number of nitrogens with one attached hydrogen (secondary N) is 1. The molecule has 4 aliphatic rings. The monoisotopic (exact) mass is 572 g/mol. The second-order valence-electron chi connectivity index (χ2n) is 14.1. The van der Waals surface area contributed by atoms with Crippen molar-refractivity contribution in [1.82, 2.24) is 5.32 Å². The summed E-state index contributed by atoms with van der Waals surface area (Å²) in [6.07, 6.45) is 5.09. The molecule has 1 amide bonds. The Morgan fingerprint density at radius 1 is 1.08 bits per heavy atom.